The van der Waals surface area contributed by atoms with E-state index < -0.39 is 0 Å². The standard InChI is InChI=1S/C9H13NO/c11-9-6-3-5-8-4-1-2-7-10(8)9/h3,5,8H,1-2,4,6-7H2. The summed E-state index contributed by atoms with van der Waals surface area (Å²) >= 11 is 0. The number of hydrogen-bond acceptors (Lipinski definition) is 1. The molecule has 2 heterocycles. The van der Waals surface area contributed by atoms with E-state index in [2.05, 4.69) is 6.08 Å². The Morgan fingerprint density at radius 1 is 1.45 bits per heavy atom. The summed E-state index contributed by atoms with van der Waals surface area (Å²) in [4.78, 5) is 13.3. The predicted octanol–water partition coefficient (Wildman–Crippen LogP) is 1.33. The summed E-state index contributed by atoms with van der Waals surface area (Å²) in [5.41, 5.74) is 0. The molecule has 0 aromatic carbocycles. The molecule has 1 amide bonds. The molecule has 2 aliphatic rings. The lowest BCUT2D eigenvalue weighted by Gasteiger charge is -2.36. The second kappa shape index (κ2) is 2.68. The minimum Gasteiger partial charge on any atom is -0.336 e. The molecule has 2 rings (SSSR count). The van der Waals surface area contributed by atoms with E-state index in [0.717, 1.165) is 6.54 Å². The van der Waals surface area contributed by atoms with Crippen LogP contribution in [-0.4, -0.2) is 23.4 Å². The molecule has 0 saturated carbocycles. The Morgan fingerprint density at radius 2 is 2.36 bits per heavy atom. The van der Waals surface area contributed by atoms with Gasteiger partial charge in [0.25, 0.3) is 0 Å². The SMILES string of the molecule is O=C1CC=CC2CCCCN12. The smallest absolute Gasteiger partial charge is 0.226 e. The maximum Gasteiger partial charge on any atom is 0.226 e. The first-order chi connectivity index (χ1) is 5.38. The molecule has 0 spiro atoms. The van der Waals surface area contributed by atoms with Crippen molar-refractivity contribution in [2.75, 3.05) is 6.54 Å². The summed E-state index contributed by atoms with van der Waals surface area (Å²) in [5.74, 6) is 0.317. The van der Waals surface area contributed by atoms with Crippen molar-refractivity contribution in [3.63, 3.8) is 0 Å². The Morgan fingerprint density at radius 3 is 3.18 bits per heavy atom. The van der Waals surface area contributed by atoms with Crippen molar-refractivity contribution in [3.05, 3.63) is 12.2 Å². The van der Waals surface area contributed by atoms with Crippen molar-refractivity contribution in [2.24, 2.45) is 0 Å². The number of fused-ring (bicyclic) bond motifs is 1. The van der Waals surface area contributed by atoms with Gasteiger partial charge in [-0.05, 0) is 19.3 Å². The van der Waals surface area contributed by atoms with E-state index in [1.165, 1.54) is 19.3 Å². The van der Waals surface area contributed by atoms with Crippen LogP contribution in [0.3, 0.4) is 0 Å². The fraction of sp³-hybridized carbons (Fsp3) is 0.667. The third kappa shape index (κ3) is 1.17. The molecule has 0 bridgehead atoms. The van der Waals surface area contributed by atoms with Crippen LogP contribution in [0.25, 0.3) is 0 Å². The van der Waals surface area contributed by atoms with Crippen LogP contribution in [0.1, 0.15) is 25.7 Å². The summed E-state index contributed by atoms with van der Waals surface area (Å²) in [7, 11) is 0. The number of hydrogen-bond donors (Lipinski definition) is 0. The van der Waals surface area contributed by atoms with Crippen LogP contribution in [0.15, 0.2) is 12.2 Å². The van der Waals surface area contributed by atoms with Gasteiger partial charge >= 0.3 is 0 Å². The molecular weight excluding hydrogens is 138 g/mol. The first-order valence-corrected chi connectivity index (χ1v) is 4.34. The molecule has 0 N–H and O–H groups in total. The van der Waals surface area contributed by atoms with Gasteiger partial charge in [-0.2, -0.15) is 0 Å². The maximum absolute atomic E-state index is 11.3. The Labute approximate surface area is 66.9 Å². The molecule has 1 atom stereocenters. The van der Waals surface area contributed by atoms with Crippen molar-refractivity contribution in [1.29, 1.82) is 0 Å². The highest BCUT2D eigenvalue weighted by atomic mass is 16.2. The third-order valence-corrected chi connectivity index (χ3v) is 2.52. The summed E-state index contributed by atoms with van der Waals surface area (Å²) < 4.78 is 0. The van der Waals surface area contributed by atoms with E-state index >= 15 is 0 Å². The van der Waals surface area contributed by atoms with Crippen LogP contribution in [0, 0.1) is 0 Å². The number of carbonyl (C=O) groups is 1. The first kappa shape index (κ1) is 6.89. The van der Waals surface area contributed by atoms with E-state index in [9.17, 15) is 4.79 Å². The largest absolute Gasteiger partial charge is 0.336 e. The van der Waals surface area contributed by atoms with Gasteiger partial charge in [0.05, 0.1) is 0 Å². The highest BCUT2D eigenvalue weighted by Crippen LogP contribution is 2.21. The molecule has 1 saturated heterocycles. The van der Waals surface area contributed by atoms with Gasteiger partial charge in [-0.15, -0.1) is 0 Å². The highest BCUT2D eigenvalue weighted by Gasteiger charge is 2.26. The lowest BCUT2D eigenvalue weighted by Crippen LogP contribution is -2.44. The van der Waals surface area contributed by atoms with Crippen LogP contribution in [0.2, 0.25) is 0 Å². The highest BCUT2D eigenvalue weighted by molar-refractivity contribution is 5.79. The van der Waals surface area contributed by atoms with Crippen molar-refractivity contribution >= 4 is 5.91 Å². The molecule has 60 valence electrons. The monoisotopic (exact) mass is 151 g/mol. The van der Waals surface area contributed by atoms with Crippen LogP contribution in [-0.2, 0) is 4.79 Å². The van der Waals surface area contributed by atoms with E-state index in [1.54, 1.807) is 0 Å². The summed E-state index contributed by atoms with van der Waals surface area (Å²) in [6.07, 6.45) is 8.45. The lowest BCUT2D eigenvalue weighted by atomic mass is 9.98. The van der Waals surface area contributed by atoms with Gasteiger partial charge in [0, 0.05) is 19.0 Å². The average molecular weight is 151 g/mol. The van der Waals surface area contributed by atoms with Crippen molar-refractivity contribution in [2.45, 2.75) is 31.7 Å². The van der Waals surface area contributed by atoms with Gasteiger partial charge in [0.15, 0.2) is 0 Å². The summed E-state index contributed by atoms with van der Waals surface area (Å²) in [5, 5.41) is 0. The molecule has 2 heteroatoms. The van der Waals surface area contributed by atoms with Gasteiger partial charge in [0.2, 0.25) is 5.91 Å². The molecule has 0 aromatic heterocycles. The second-order valence-electron chi connectivity index (χ2n) is 3.28. The number of carbonyl (C=O) groups excluding carboxylic acids is 1. The molecule has 11 heavy (non-hydrogen) atoms. The summed E-state index contributed by atoms with van der Waals surface area (Å²) in [6.45, 7) is 0.980. The third-order valence-electron chi connectivity index (χ3n) is 2.52. The number of amides is 1. The Bertz CT molecular complexity index is 198. The Balaban J connectivity index is 2.15. The minimum absolute atomic E-state index is 0.317. The van der Waals surface area contributed by atoms with Gasteiger partial charge < -0.3 is 4.90 Å². The molecular formula is C9H13NO. The number of piperidine rings is 1. The van der Waals surface area contributed by atoms with E-state index in [-0.39, 0.29) is 0 Å². The predicted molar refractivity (Wildman–Crippen MR) is 43.1 cm³/mol. The molecule has 2 aliphatic heterocycles. The zero-order valence-electron chi connectivity index (χ0n) is 6.62. The molecule has 2 nitrogen and oxygen atoms in total. The lowest BCUT2D eigenvalue weighted by molar-refractivity contribution is -0.133. The van der Waals surface area contributed by atoms with E-state index in [1.807, 2.05) is 11.0 Å². The average Bonchev–Trinajstić information content (AvgIpc) is 2.06. The van der Waals surface area contributed by atoms with E-state index in [4.69, 9.17) is 0 Å². The first-order valence-electron chi connectivity index (χ1n) is 4.34. The zero-order chi connectivity index (χ0) is 7.68. The van der Waals surface area contributed by atoms with Gasteiger partial charge in [-0.3, -0.25) is 4.79 Å². The Kier molecular flexibility index (Phi) is 1.68. The summed E-state index contributed by atoms with van der Waals surface area (Å²) in [6, 6.07) is 0.435. The fourth-order valence-corrected chi connectivity index (χ4v) is 1.91. The van der Waals surface area contributed by atoms with Crippen molar-refractivity contribution in [3.8, 4) is 0 Å². The number of rotatable bonds is 0. The molecule has 1 unspecified atom stereocenters. The van der Waals surface area contributed by atoms with E-state index in [0.29, 0.717) is 18.4 Å². The topological polar surface area (TPSA) is 20.3 Å². The van der Waals surface area contributed by atoms with Crippen LogP contribution < -0.4 is 0 Å². The minimum atomic E-state index is 0.317. The molecule has 0 aromatic rings. The fourth-order valence-electron chi connectivity index (χ4n) is 1.91. The van der Waals surface area contributed by atoms with Crippen molar-refractivity contribution < 1.29 is 4.79 Å². The molecule has 0 aliphatic carbocycles. The second-order valence-corrected chi connectivity index (χ2v) is 3.28. The Hall–Kier alpha value is -0.790. The van der Waals surface area contributed by atoms with Gasteiger partial charge in [-0.25, -0.2) is 0 Å². The molecule has 1 fully saturated rings. The van der Waals surface area contributed by atoms with Crippen LogP contribution >= 0.6 is 0 Å². The zero-order valence-corrected chi connectivity index (χ0v) is 6.62. The normalized spacial score (nSPS) is 30.4. The molecule has 0 radical (unpaired) electrons. The van der Waals surface area contributed by atoms with Gasteiger partial charge in [0.1, 0.15) is 0 Å². The van der Waals surface area contributed by atoms with Crippen LogP contribution in [0.4, 0.5) is 0 Å². The van der Waals surface area contributed by atoms with Gasteiger partial charge in [-0.1, -0.05) is 12.2 Å². The van der Waals surface area contributed by atoms with Crippen molar-refractivity contribution in [1.82, 2.24) is 4.90 Å². The number of nitrogens with zero attached hydrogens (tertiary/aromatic N) is 1. The quantitative estimate of drug-likeness (QED) is 0.478. The maximum atomic E-state index is 11.3. The van der Waals surface area contributed by atoms with Crippen LogP contribution in [0.5, 0.6) is 0 Å².